The van der Waals surface area contributed by atoms with Crippen LogP contribution in [0.4, 0.5) is 0 Å². The maximum atomic E-state index is 12.5. The van der Waals surface area contributed by atoms with Crippen LogP contribution >= 0.6 is 23.4 Å². The second-order valence-electron chi connectivity index (χ2n) is 4.22. The molecule has 0 aliphatic carbocycles. The fourth-order valence-corrected chi connectivity index (χ4v) is 3.35. The van der Waals surface area contributed by atoms with Crippen LogP contribution in [0.15, 0.2) is 38.6 Å². The lowest BCUT2D eigenvalue weighted by Gasteiger charge is -2.15. The summed E-state index contributed by atoms with van der Waals surface area (Å²) in [6.07, 6.45) is 2.00. The van der Waals surface area contributed by atoms with Gasteiger partial charge in [0, 0.05) is 11.6 Å². The number of rotatable bonds is 1. The normalized spacial score (nSPS) is 14.4. The molecule has 1 aliphatic heterocycles. The molecule has 0 atom stereocenters. The molecule has 0 spiro atoms. The van der Waals surface area contributed by atoms with Crippen LogP contribution in [0.3, 0.4) is 0 Å². The Labute approximate surface area is 114 Å². The van der Waals surface area contributed by atoms with Crippen molar-refractivity contribution in [2.24, 2.45) is 0 Å². The van der Waals surface area contributed by atoms with Crippen molar-refractivity contribution in [3.8, 4) is 0 Å². The highest BCUT2D eigenvalue weighted by Gasteiger charge is 2.21. The molecule has 2 heterocycles. The Morgan fingerprint density at radius 2 is 2.28 bits per heavy atom. The number of hydrogen-bond acceptors (Lipinski definition) is 3. The maximum Gasteiger partial charge on any atom is 0.201 e. The molecule has 0 saturated carbocycles. The zero-order chi connectivity index (χ0) is 12.7. The summed E-state index contributed by atoms with van der Waals surface area (Å²) in [7, 11) is 0. The summed E-state index contributed by atoms with van der Waals surface area (Å²) in [5.74, 6) is 1.14. The lowest BCUT2D eigenvalue weighted by Crippen LogP contribution is -2.13. The summed E-state index contributed by atoms with van der Waals surface area (Å²) >= 11 is 7.45. The minimum Gasteiger partial charge on any atom is -0.449 e. The van der Waals surface area contributed by atoms with Crippen LogP contribution in [0.25, 0.3) is 16.5 Å². The van der Waals surface area contributed by atoms with Crippen LogP contribution in [0, 0.1) is 6.92 Å². The number of hydrogen-bond donors (Lipinski definition) is 0. The minimum absolute atomic E-state index is 0.0223. The van der Waals surface area contributed by atoms with Gasteiger partial charge in [0.25, 0.3) is 0 Å². The van der Waals surface area contributed by atoms with Gasteiger partial charge >= 0.3 is 0 Å². The van der Waals surface area contributed by atoms with E-state index in [-0.39, 0.29) is 5.43 Å². The summed E-state index contributed by atoms with van der Waals surface area (Å²) < 4.78 is 5.89. The zero-order valence-corrected chi connectivity index (χ0v) is 11.4. The van der Waals surface area contributed by atoms with Gasteiger partial charge in [0.05, 0.1) is 10.9 Å². The summed E-state index contributed by atoms with van der Waals surface area (Å²) in [5.41, 5.74) is 3.20. The number of aryl methyl sites for hydroxylation is 1. The van der Waals surface area contributed by atoms with Gasteiger partial charge in [-0.05, 0) is 24.1 Å². The molecule has 92 valence electrons. The van der Waals surface area contributed by atoms with Crippen LogP contribution in [0.5, 0.6) is 0 Å². The molecular weight excluding hydrogens is 268 g/mol. The Morgan fingerprint density at radius 1 is 1.44 bits per heavy atom. The fourth-order valence-electron chi connectivity index (χ4n) is 2.16. The average molecular weight is 279 g/mol. The maximum absolute atomic E-state index is 12.5. The van der Waals surface area contributed by atoms with Crippen LogP contribution in [0.2, 0.25) is 0 Å². The van der Waals surface area contributed by atoms with E-state index in [9.17, 15) is 4.79 Å². The first-order valence-electron chi connectivity index (χ1n) is 5.67. The van der Waals surface area contributed by atoms with E-state index in [2.05, 4.69) is 0 Å². The molecule has 0 unspecified atom stereocenters. The molecule has 18 heavy (non-hydrogen) atoms. The lowest BCUT2D eigenvalue weighted by molar-refractivity contribution is 0.494. The second kappa shape index (κ2) is 4.48. The number of fused-ring (bicyclic) bond motifs is 2. The Hall–Kier alpha value is -1.19. The van der Waals surface area contributed by atoms with E-state index in [0.717, 1.165) is 16.9 Å². The zero-order valence-electron chi connectivity index (χ0n) is 9.83. The largest absolute Gasteiger partial charge is 0.449 e. The molecule has 1 aromatic heterocycles. The third-order valence-corrected chi connectivity index (χ3v) is 4.26. The SMILES string of the molecule is Cc1cccc2c(=O)c3c(oc12)SCC=C3CCl. The second-order valence-corrected chi connectivity index (χ2v) is 5.48. The van der Waals surface area contributed by atoms with E-state index in [4.69, 9.17) is 16.0 Å². The van der Waals surface area contributed by atoms with Gasteiger partial charge in [-0.2, -0.15) is 0 Å². The summed E-state index contributed by atoms with van der Waals surface area (Å²) in [6.45, 7) is 1.95. The van der Waals surface area contributed by atoms with Gasteiger partial charge in [0.15, 0.2) is 5.09 Å². The molecule has 2 aromatic rings. The van der Waals surface area contributed by atoms with E-state index >= 15 is 0 Å². The smallest absolute Gasteiger partial charge is 0.201 e. The van der Waals surface area contributed by atoms with Crippen molar-refractivity contribution in [1.29, 1.82) is 0 Å². The van der Waals surface area contributed by atoms with E-state index in [1.54, 1.807) is 17.8 Å². The van der Waals surface area contributed by atoms with Crippen molar-refractivity contribution >= 4 is 39.9 Å². The van der Waals surface area contributed by atoms with Crippen molar-refractivity contribution in [1.82, 2.24) is 0 Å². The topological polar surface area (TPSA) is 30.2 Å². The first-order valence-corrected chi connectivity index (χ1v) is 7.19. The molecular formula is C14H11ClO2S. The van der Waals surface area contributed by atoms with E-state index in [1.807, 2.05) is 25.1 Å². The molecule has 2 nitrogen and oxygen atoms in total. The van der Waals surface area contributed by atoms with Gasteiger partial charge in [-0.25, -0.2) is 0 Å². The summed E-state index contributed by atoms with van der Waals surface area (Å²) in [4.78, 5) is 12.5. The van der Waals surface area contributed by atoms with Crippen molar-refractivity contribution in [2.75, 3.05) is 11.6 Å². The molecule has 0 fully saturated rings. The fraction of sp³-hybridized carbons (Fsp3) is 0.214. The quantitative estimate of drug-likeness (QED) is 0.743. The Morgan fingerprint density at radius 3 is 3.06 bits per heavy atom. The Kier molecular flexibility index (Phi) is 2.96. The molecule has 3 rings (SSSR count). The van der Waals surface area contributed by atoms with Crippen molar-refractivity contribution in [3.05, 3.63) is 45.6 Å². The Balaban J connectivity index is 2.44. The third kappa shape index (κ3) is 1.70. The highest BCUT2D eigenvalue weighted by atomic mass is 35.5. The van der Waals surface area contributed by atoms with Crippen LogP contribution in [-0.4, -0.2) is 11.6 Å². The number of para-hydroxylation sites is 1. The molecule has 0 amide bonds. The van der Waals surface area contributed by atoms with Crippen LogP contribution < -0.4 is 5.43 Å². The van der Waals surface area contributed by atoms with Crippen molar-refractivity contribution in [3.63, 3.8) is 0 Å². The molecule has 1 aliphatic rings. The predicted molar refractivity (Wildman–Crippen MR) is 76.6 cm³/mol. The molecule has 0 bridgehead atoms. The number of thioether (sulfide) groups is 1. The van der Waals surface area contributed by atoms with Gasteiger partial charge in [-0.15, -0.1) is 11.6 Å². The van der Waals surface area contributed by atoms with Crippen molar-refractivity contribution in [2.45, 2.75) is 12.0 Å². The van der Waals surface area contributed by atoms with Gasteiger partial charge in [0.1, 0.15) is 5.58 Å². The minimum atomic E-state index is 0.0223. The van der Waals surface area contributed by atoms with Gasteiger partial charge in [-0.1, -0.05) is 30.0 Å². The van der Waals surface area contributed by atoms with Gasteiger partial charge < -0.3 is 4.42 Å². The molecule has 0 saturated heterocycles. The first-order chi connectivity index (χ1) is 8.72. The summed E-state index contributed by atoms with van der Waals surface area (Å²) in [5, 5.41) is 1.33. The van der Waals surface area contributed by atoms with Crippen LogP contribution in [-0.2, 0) is 0 Å². The third-order valence-electron chi connectivity index (χ3n) is 3.09. The van der Waals surface area contributed by atoms with Crippen LogP contribution in [0.1, 0.15) is 11.1 Å². The molecule has 0 N–H and O–H groups in total. The molecule has 0 radical (unpaired) electrons. The highest BCUT2D eigenvalue weighted by Crippen LogP contribution is 2.34. The lowest BCUT2D eigenvalue weighted by atomic mass is 10.1. The monoisotopic (exact) mass is 278 g/mol. The number of benzene rings is 1. The number of allylic oxidation sites excluding steroid dienone is 1. The number of alkyl halides is 1. The Bertz CT molecular complexity index is 716. The molecule has 4 heteroatoms. The predicted octanol–water partition coefficient (Wildman–Crippen LogP) is 3.83. The van der Waals surface area contributed by atoms with Gasteiger partial charge in [0.2, 0.25) is 5.43 Å². The number of halogens is 1. The van der Waals surface area contributed by atoms with E-state index < -0.39 is 0 Å². The molecule has 1 aromatic carbocycles. The van der Waals surface area contributed by atoms with E-state index in [0.29, 0.717) is 27.5 Å². The van der Waals surface area contributed by atoms with Gasteiger partial charge in [-0.3, -0.25) is 4.79 Å². The van der Waals surface area contributed by atoms with Crippen molar-refractivity contribution < 1.29 is 4.42 Å². The standard InChI is InChI=1S/C14H11ClO2S/c1-8-3-2-4-10-12(16)11-9(7-15)5-6-18-14(11)17-13(8)10/h2-5H,6-7H2,1H3. The highest BCUT2D eigenvalue weighted by molar-refractivity contribution is 7.99. The van der Waals surface area contributed by atoms with E-state index in [1.165, 1.54) is 0 Å². The first kappa shape index (κ1) is 11.9. The average Bonchev–Trinajstić information content (AvgIpc) is 2.39. The summed E-state index contributed by atoms with van der Waals surface area (Å²) in [6, 6.07) is 5.63.